The van der Waals surface area contributed by atoms with E-state index in [0.717, 1.165) is 4.90 Å². The van der Waals surface area contributed by atoms with Crippen LogP contribution in [0.25, 0.3) is 6.08 Å². The zero-order valence-electron chi connectivity index (χ0n) is 22.0. The second-order valence-corrected chi connectivity index (χ2v) is 10.7. The van der Waals surface area contributed by atoms with Crippen molar-refractivity contribution < 1.29 is 23.6 Å². The zero-order valence-corrected chi connectivity index (χ0v) is 23.5. The third-order valence-electron chi connectivity index (χ3n) is 6.37. The molecule has 0 saturated heterocycles. The molecule has 1 aliphatic rings. The van der Waals surface area contributed by atoms with E-state index in [1.165, 1.54) is 40.9 Å². The number of nitrogens with zero attached hydrogens (tertiary/aromatic N) is 1. The predicted octanol–water partition coefficient (Wildman–Crippen LogP) is 6.28. The normalized spacial score (nSPS) is 12.7. The van der Waals surface area contributed by atoms with Gasteiger partial charge in [-0.15, -0.1) is 11.8 Å². The fraction of sp³-hybridized carbons (Fsp3) is 0.0625. The molecule has 7 nitrogen and oxygen atoms in total. The maximum Gasteiger partial charge on any atom is 0.272 e. The molecule has 1 heterocycles. The predicted molar refractivity (Wildman–Crippen MR) is 161 cm³/mol. The Morgan fingerprint density at radius 1 is 0.857 bits per heavy atom. The molecule has 42 heavy (non-hydrogen) atoms. The average Bonchev–Trinajstić information content (AvgIpc) is 3.24. The van der Waals surface area contributed by atoms with Crippen molar-refractivity contribution in [2.45, 2.75) is 4.90 Å². The van der Waals surface area contributed by atoms with Crippen LogP contribution in [0.5, 0.6) is 0 Å². The molecule has 4 amide bonds. The average molecular weight is 600 g/mol. The number of amides is 4. The van der Waals surface area contributed by atoms with Crippen LogP contribution in [0, 0.1) is 5.82 Å². The third kappa shape index (κ3) is 6.43. The Hall–Kier alpha value is -4.73. The highest BCUT2D eigenvalue weighted by Gasteiger charge is 2.34. The van der Waals surface area contributed by atoms with Gasteiger partial charge in [0, 0.05) is 34.0 Å². The van der Waals surface area contributed by atoms with Gasteiger partial charge in [-0.2, -0.15) is 0 Å². The lowest BCUT2D eigenvalue weighted by atomic mass is 10.1. The fourth-order valence-electron chi connectivity index (χ4n) is 4.29. The molecule has 0 saturated carbocycles. The third-order valence-corrected chi connectivity index (χ3v) is 7.67. The van der Waals surface area contributed by atoms with E-state index in [0.29, 0.717) is 28.1 Å². The number of hydrogen-bond donors (Lipinski definition) is 2. The number of nitrogens with one attached hydrogen (secondary N) is 2. The van der Waals surface area contributed by atoms with Crippen LogP contribution < -0.4 is 10.6 Å². The fourth-order valence-corrected chi connectivity index (χ4v) is 5.41. The van der Waals surface area contributed by atoms with E-state index in [1.54, 1.807) is 72.8 Å². The number of benzene rings is 4. The number of thioether (sulfide) groups is 1. The first-order chi connectivity index (χ1) is 20.3. The molecule has 0 radical (unpaired) electrons. The molecule has 2 N–H and O–H groups in total. The van der Waals surface area contributed by atoms with Crippen molar-refractivity contribution in [3.05, 3.63) is 136 Å². The van der Waals surface area contributed by atoms with E-state index in [2.05, 4.69) is 10.6 Å². The molecule has 0 aliphatic carbocycles. The number of imide groups is 1. The number of carbonyl (C=O) groups is 4. The van der Waals surface area contributed by atoms with Crippen molar-refractivity contribution in [3.8, 4) is 0 Å². The number of halogens is 2. The zero-order chi connectivity index (χ0) is 29.6. The number of rotatable bonds is 9. The second-order valence-electron chi connectivity index (χ2n) is 9.15. The molecule has 0 unspecified atom stereocenters. The van der Waals surface area contributed by atoms with Gasteiger partial charge in [-0.1, -0.05) is 54.1 Å². The van der Waals surface area contributed by atoms with Crippen LogP contribution in [-0.2, 0) is 4.79 Å². The summed E-state index contributed by atoms with van der Waals surface area (Å²) in [6, 6.07) is 26.1. The van der Waals surface area contributed by atoms with E-state index < -0.39 is 17.6 Å². The maximum absolute atomic E-state index is 14.5. The highest BCUT2D eigenvalue weighted by atomic mass is 35.5. The summed E-state index contributed by atoms with van der Waals surface area (Å²) in [5.74, 6) is -2.09. The van der Waals surface area contributed by atoms with Gasteiger partial charge in [0.1, 0.15) is 11.5 Å². The van der Waals surface area contributed by atoms with Crippen LogP contribution in [-0.4, -0.2) is 40.8 Å². The summed E-state index contributed by atoms with van der Waals surface area (Å²) in [6.45, 7) is 0.218. The van der Waals surface area contributed by atoms with Crippen LogP contribution in [0.2, 0.25) is 5.02 Å². The van der Waals surface area contributed by atoms with Crippen LogP contribution >= 0.6 is 23.4 Å². The second kappa shape index (κ2) is 12.8. The van der Waals surface area contributed by atoms with Crippen molar-refractivity contribution in [1.29, 1.82) is 0 Å². The molecule has 4 aromatic carbocycles. The van der Waals surface area contributed by atoms with Crippen LogP contribution in [0.1, 0.15) is 36.6 Å². The quantitative estimate of drug-likeness (QED) is 0.134. The molecule has 5 rings (SSSR count). The first kappa shape index (κ1) is 28.8. The van der Waals surface area contributed by atoms with Gasteiger partial charge in [0.2, 0.25) is 0 Å². The van der Waals surface area contributed by atoms with Gasteiger partial charge in [-0.25, -0.2) is 4.39 Å². The lowest BCUT2D eigenvalue weighted by Crippen LogP contribution is -2.31. The number of anilines is 1. The minimum atomic E-state index is -0.688. The lowest BCUT2D eigenvalue weighted by Gasteiger charge is -2.14. The Bertz CT molecular complexity index is 1670. The first-order valence-corrected chi connectivity index (χ1v) is 14.2. The molecule has 0 aromatic heterocycles. The molecular formula is C32H23ClFN3O4S. The molecule has 0 fully saturated rings. The van der Waals surface area contributed by atoms with Crippen molar-refractivity contribution in [1.82, 2.24) is 10.2 Å². The lowest BCUT2D eigenvalue weighted by molar-refractivity contribution is -0.113. The monoisotopic (exact) mass is 599 g/mol. The highest BCUT2D eigenvalue weighted by Crippen LogP contribution is 2.26. The number of carbonyl (C=O) groups excluding carboxylic acids is 4. The Morgan fingerprint density at radius 2 is 1.52 bits per heavy atom. The summed E-state index contributed by atoms with van der Waals surface area (Å²) in [7, 11) is 0. The smallest absolute Gasteiger partial charge is 0.272 e. The van der Waals surface area contributed by atoms with Gasteiger partial charge in [0.25, 0.3) is 23.6 Å². The van der Waals surface area contributed by atoms with E-state index >= 15 is 0 Å². The minimum absolute atomic E-state index is 0.0462. The molecule has 4 aromatic rings. The Morgan fingerprint density at radius 3 is 2.21 bits per heavy atom. The molecule has 10 heteroatoms. The molecule has 1 aliphatic heterocycles. The SMILES string of the molecule is O=C(Nc1cccc(SCCN2C(=O)c3ccccc3C2=O)c1)/C(=C/c1c(F)cccc1Cl)NC(=O)c1ccccc1. The largest absolute Gasteiger partial charge is 0.321 e. The van der Waals surface area contributed by atoms with E-state index in [9.17, 15) is 23.6 Å². The molecular weight excluding hydrogens is 577 g/mol. The highest BCUT2D eigenvalue weighted by molar-refractivity contribution is 7.99. The van der Waals surface area contributed by atoms with Crippen molar-refractivity contribution in [2.24, 2.45) is 0 Å². The van der Waals surface area contributed by atoms with Crippen LogP contribution in [0.15, 0.2) is 108 Å². The Labute approximate surface area is 250 Å². The molecule has 0 spiro atoms. The summed E-state index contributed by atoms with van der Waals surface area (Å²) >= 11 is 7.58. The summed E-state index contributed by atoms with van der Waals surface area (Å²) in [6.07, 6.45) is 1.19. The van der Waals surface area contributed by atoms with Gasteiger partial charge in [-0.05, 0) is 60.7 Å². The van der Waals surface area contributed by atoms with Gasteiger partial charge in [-0.3, -0.25) is 24.1 Å². The van der Waals surface area contributed by atoms with Gasteiger partial charge < -0.3 is 10.6 Å². The van der Waals surface area contributed by atoms with Crippen molar-refractivity contribution in [3.63, 3.8) is 0 Å². The van der Waals surface area contributed by atoms with E-state index in [-0.39, 0.29) is 34.6 Å². The minimum Gasteiger partial charge on any atom is -0.321 e. The molecule has 0 atom stereocenters. The van der Waals surface area contributed by atoms with Crippen molar-refractivity contribution in [2.75, 3.05) is 17.6 Å². The van der Waals surface area contributed by atoms with E-state index in [1.807, 2.05) is 6.07 Å². The van der Waals surface area contributed by atoms with Crippen LogP contribution in [0.4, 0.5) is 10.1 Å². The molecule has 0 bridgehead atoms. The summed E-state index contributed by atoms with van der Waals surface area (Å²) < 4.78 is 14.5. The Balaban J connectivity index is 1.29. The summed E-state index contributed by atoms with van der Waals surface area (Å²) in [4.78, 5) is 53.4. The summed E-state index contributed by atoms with van der Waals surface area (Å²) in [5, 5.41) is 5.37. The standard InChI is InChI=1S/C32H23ClFN3O4S/c33-26-14-7-15-27(34)25(26)19-28(36-29(38)20-8-2-1-3-9-20)30(39)35-21-10-6-11-22(18-21)42-17-16-37-31(40)23-12-4-5-13-24(23)32(37)41/h1-15,18-19H,16-17H2,(H,35,39)(H,36,38)/b28-19-. The Kier molecular flexibility index (Phi) is 8.80. The van der Waals surface area contributed by atoms with Gasteiger partial charge in [0.15, 0.2) is 0 Å². The van der Waals surface area contributed by atoms with Crippen LogP contribution in [0.3, 0.4) is 0 Å². The maximum atomic E-state index is 14.5. The first-order valence-electron chi connectivity index (χ1n) is 12.8. The topological polar surface area (TPSA) is 95.6 Å². The van der Waals surface area contributed by atoms with Gasteiger partial charge >= 0.3 is 0 Å². The molecule has 210 valence electrons. The van der Waals surface area contributed by atoms with Gasteiger partial charge in [0.05, 0.1) is 16.1 Å². The summed E-state index contributed by atoms with van der Waals surface area (Å²) in [5.41, 5.74) is 1.28. The number of fused-ring (bicyclic) bond motifs is 1. The van der Waals surface area contributed by atoms with E-state index in [4.69, 9.17) is 11.6 Å². The van der Waals surface area contributed by atoms with Crippen molar-refractivity contribution >= 4 is 58.8 Å². The number of hydrogen-bond acceptors (Lipinski definition) is 5.